The number of hydrogen-bond donors (Lipinski definition) is 0. The maximum Gasteiger partial charge on any atom is 0.289 e. The minimum absolute atomic E-state index is 0.0306. The third kappa shape index (κ3) is 3.30. The van der Waals surface area contributed by atoms with Crippen molar-refractivity contribution in [1.29, 1.82) is 0 Å². The van der Waals surface area contributed by atoms with Crippen molar-refractivity contribution in [2.24, 2.45) is 0 Å². The number of para-hydroxylation sites is 1. The molecule has 1 amide bonds. The maximum absolute atomic E-state index is 12.9. The van der Waals surface area contributed by atoms with Gasteiger partial charge in [-0.05, 0) is 49.1 Å². The average Bonchev–Trinajstić information content (AvgIpc) is 3.39. The molecule has 3 aromatic rings. The number of fused-ring (bicyclic) bond motifs is 2. The molecule has 1 spiro atoms. The molecule has 2 aromatic carbocycles. The largest absolute Gasteiger partial charge is 0.492 e. The van der Waals surface area contributed by atoms with Crippen LogP contribution < -0.4 is 4.74 Å². The van der Waals surface area contributed by atoms with Gasteiger partial charge in [0, 0.05) is 29.6 Å². The summed E-state index contributed by atoms with van der Waals surface area (Å²) in [4.78, 5) is 14.8. The minimum atomic E-state index is -0.0696. The van der Waals surface area contributed by atoms with E-state index in [1.165, 1.54) is 5.56 Å². The molecule has 0 saturated carbocycles. The van der Waals surface area contributed by atoms with Crippen LogP contribution in [0.25, 0.3) is 0 Å². The summed E-state index contributed by atoms with van der Waals surface area (Å²) in [6.45, 7) is 2.10. The summed E-state index contributed by atoms with van der Waals surface area (Å²) in [5.41, 5.74) is 2.23. The summed E-state index contributed by atoms with van der Waals surface area (Å²) in [5.74, 6) is 7.81. The van der Waals surface area contributed by atoms with Gasteiger partial charge in [0.1, 0.15) is 5.75 Å². The van der Waals surface area contributed by atoms with Gasteiger partial charge in [-0.2, -0.15) is 0 Å². The van der Waals surface area contributed by atoms with Gasteiger partial charge in [-0.1, -0.05) is 42.3 Å². The number of furan rings is 1. The predicted octanol–water partition coefficient (Wildman–Crippen LogP) is 4.25. The van der Waals surface area contributed by atoms with Gasteiger partial charge in [-0.3, -0.25) is 4.79 Å². The van der Waals surface area contributed by atoms with Crippen LogP contribution in [0.4, 0.5) is 0 Å². The highest BCUT2D eigenvalue weighted by atomic mass is 16.5. The van der Waals surface area contributed by atoms with Crippen LogP contribution in [0.1, 0.15) is 40.3 Å². The number of likely N-dealkylation sites (tertiary alicyclic amines) is 1. The lowest BCUT2D eigenvalue weighted by molar-refractivity contribution is 0.0615. The van der Waals surface area contributed by atoms with E-state index in [0.717, 1.165) is 24.2 Å². The average molecular weight is 383 g/mol. The van der Waals surface area contributed by atoms with Crippen molar-refractivity contribution in [3.05, 3.63) is 89.4 Å². The lowest BCUT2D eigenvalue weighted by Gasteiger charge is -2.38. The topological polar surface area (TPSA) is 42.7 Å². The molecule has 0 radical (unpaired) electrons. The molecule has 0 N–H and O–H groups in total. The van der Waals surface area contributed by atoms with Crippen molar-refractivity contribution in [3.8, 4) is 17.6 Å². The van der Waals surface area contributed by atoms with Crippen molar-refractivity contribution in [3.63, 3.8) is 0 Å². The first-order chi connectivity index (χ1) is 14.2. The fourth-order valence-electron chi connectivity index (χ4n) is 4.21. The van der Waals surface area contributed by atoms with Gasteiger partial charge in [0.15, 0.2) is 11.5 Å². The molecule has 1 saturated heterocycles. The minimum Gasteiger partial charge on any atom is -0.492 e. The monoisotopic (exact) mass is 383 g/mol. The van der Waals surface area contributed by atoms with Crippen LogP contribution in [0, 0.1) is 11.8 Å². The Labute approximate surface area is 170 Å². The Morgan fingerprint density at radius 1 is 0.897 bits per heavy atom. The van der Waals surface area contributed by atoms with Crippen LogP contribution in [-0.4, -0.2) is 30.5 Å². The molecule has 2 aliphatic rings. The Kier molecular flexibility index (Phi) is 4.37. The quantitative estimate of drug-likeness (QED) is 0.590. The van der Waals surface area contributed by atoms with E-state index in [9.17, 15) is 4.79 Å². The Morgan fingerprint density at radius 3 is 2.48 bits per heavy atom. The fraction of sp³-hybridized carbons (Fsp3) is 0.240. The molecule has 4 nitrogen and oxygen atoms in total. The summed E-state index contributed by atoms with van der Waals surface area (Å²) in [6, 6.07) is 21.5. The van der Waals surface area contributed by atoms with Crippen LogP contribution in [0.3, 0.4) is 0 Å². The molecular weight excluding hydrogens is 362 g/mol. The fourth-order valence-corrected chi connectivity index (χ4v) is 4.21. The Balaban J connectivity index is 1.26. The molecule has 29 heavy (non-hydrogen) atoms. The zero-order valence-electron chi connectivity index (χ0n) is 16.1. The smallest absolute Gasteiger partial charge is 0.289 e. The molecule has 1 aromatic heterocycles. The van der Waals surface area contributed by atoms with E-state index in [1.807, 2.05) is 47.4 Å². The summed E-state index contributed by atoms with van der Waals surface area (Å²) < 4.78 is 11.6. The standard InChI is InChI=1S/C25H21NO3/c27-24(23-13-12-20(29-23)11-10-19-6-2-1-3-7-19)26-16-14-25(15-17-26)18-28-22-9-5-4-8-21(22)25/h1-9,12-13H,14-18H2. The van der Waals surface area contributed by atoms with Gasteiger partial charge in [0.2, 0.25) is 0 Å². The highest BCUT2D eigenvalue weighted by Crippen LogP contribution is 2.45. The molecule has 0 atom stereocenters. The summed E-state index contributed by atoms with van der Waals surface area (Å²) in [6.07, 6.45) is 1.80. The number of piperidine rings is 1. The molecule has 0 unspecified atom stereocenters. The Hall–Kier alpha value is -3.45. The van der Waals surface area contributed by atoms with Crippen molar-refractivity contribution in [1.82, 2.24) is 4.90 Å². The molecule has 5 rings (SSSR count). The van der Waals surface area contributed by atoms with Crippen molar-refractivity contribution < 1.29 is 13.9 Å². The number of carbonyl (C=O) groups is 1. The summed E-state index contributed by atoms with van der Waals surface area (Å²) in [5, 5.41) is 0. The number of carbonyl (C=O) groups excluding carboxylic acids is 1. The lowest BCUT2D eigenvalue weighted by atomic mass is 9.74. The molecular formula is C25H21NO3. The Morgan fingerprint density at radius 2 is 1.66 bits per heavy atom. The van der Waals surface area contributed by atoms with E-state index >= 15 is 0 Å². The second kappa shape index (κ2) is 7.18. The lowest BCUT2D eigenvalue weighted by Crippen LogP contribution is -2.45. The highest BCUT2D eigenvalue weighted by Gasteiger charge is 2.43. The first-order valence-electron chi connectivity index (χ1n) is 9.92. The molecule has 1 fully saturated rings. The van der Waals surface area contributed by atoms with E-state index in [-0.39, 0.29) is 11.3 Å². The van der Waals surface area contributed by atoms with Crippen molar-refractivity contribution in [2.75, 3.05) is 19.7 Å². The van der Waals surface area contributed by atoms with Gasteiger partial charge in [-0.15, -0.1) is 0 Å². The maximum atomic E-state index is 12.9. The summed E-state index contributed by atoms with van der Waals surface area (Å²) >= 11 is 0. The van der Waals surface area contributed by atoms with Gasteiger partial charge in [0.25, 0.3) is 5.91 Å². The van der Waals surface area contributed by atoms with E-state index in [1.54, 1.807) is 12.1 Å². The van der Waals surface area contributed by atoms with E-state index < -0.39 is 0 Å². The van der Waals surface area contributed by atoms with E-state index in [0.29, 0.717) is 31.2 Å². The van der Waals surface area contributed by atoms with Gasteiger partial charge < -0.3 is 14.1 Å². The van der Waals surface area contributed by atoms with Crippen LogP contribution in [-0.2, 0) is 5.41 Å². The van der Waals surface area contributed by atoms with Crippen LogP contribution in [0.2, 0.25) is 0 Å². The second-order valence-electron chi connectivity index (χ2n) is 7.64. The van der Waals surface area contributed by atoms with Gasteiger partial charge >= 0.3 is 0 Å². The van der Waals surface area contributed by atoms with Crippen LogP contribution >= 0.6 is 0 Å². The van der Waals surface area contributed by atoms with Gasteiger partial charge in [0.05, 0.1) is 6.61 Å². The number of ether oxygens (including phenoxy) is 1. The number of nitrogens with zero attached hydrogens (tertiary/aromatic N) is 1. The first kappa shape index (κ1) is 17.6. The normalized spacial score (nSPS) is 16.6. The number of amides is 1. The third-order valence-corrected chi connectivity index (χ3v) is 5.89. The molecule has 3 heterocycles. The molecule has 0 aliphatic carbocycles. The molecule has 144 valence electrons. The molecule has 4 heteroatoms. The van der Waals surface area contributed by atoms with Crippen molar-refractivity contribution in [2.45, 2.75) is 18.3 Å². The van der Waals surface area contributed by atoms with Crippen LogP contribution in [0.5, 0.6) is 5.75 Å². The predicted molar refractivity (Wildman–Crippen MR) is 110 cm³/mol. The highest BCUT2D eigenvalue weighted by molar-refractivity contribution is 5.91. The van der Waals surface area contributed by atoms with E-state index in [4.69, 9.17) is 9.15 Å². The number of benzene rings is 2. The zero-order valence-corrected chi connectivity index (χ0v) is 16.1. The van der Waals surface area contributed by atoms with Crippen LogP contribution in [0.15, 0.2) is 71.1 Å². The van der Waals surface area contributed by atoms with E-state index in [2.05, 4.69) is 24.0 Å². The summed E-state index contributed by atoms with van der Waals surface area (Å²) in [7, 11) is 0. The second-order valence-corrected chi connectivity index (χ2v) is 7.64. The van der Waals surface area contributed by atoms with Crippen molar-refractivity contribution >= 4 is 5.91 Å². The molecule has 2 aliphatic heterocycles. The zero-order chi connectivity index (χ0) is 19.7. The third-order valence-electron chi connectivity index (χ3n) is 5.89. The van der Waals surface area contributed by atoms with Gasteiger partial charge in [-0.25, -0.2) is 0 Å². The number of hydrogen-bond acceptors (Lipinski definition) is 3. The first-order valence-corrected chi connectivity index (χ1v) is 9.92. The molecule has 0 bridgehead atoms. The Bertz CT molecular complexity index is 1100. The number of rotatable bonds is 1. The SMILES string of the molecule is O=C(c1ccc(C#Cc2ccccc2)o1)N1CCC2(CC1)COc1ccccc12.